The van der Waals surface area contributed by atoms with Gasteiger partial charge in [-0.05, 0) is 18.2 Å². The molecule has 0 amide bonds. The first-order valence-electron chi connectivity index (χ1n) is 6.02. The summed E-state index contributed by atoms with van der Waals surface area (Å²) in [6.45, 7) is 0.192. The molecule has 21 heavy (non-hydrogen) atoms. The van der Waals surface area contributed by atoms with Gasteiger partial charge in [0, 0.05) is 31.2 Å². The molecule has 1 heterocycles. The highest BCUT2D eigenvalue weighted by molar-refractivity contribution is 7.89. The van der Waals surface area contributed by atoms with Gasteiger partial charge < -0.3 is 5.73 Å². The molecule has 0 bridgehead atoms. The van der Waals surface area contributed by atoms with Crippen molar-refractivity contribution >= 4 is 38.9 Å². The van der Waals surface area contributed by atoms with Gasteiger partial charge in [0.15, 0.2) is 0 Å². The minimum atomic E-state index is -3.80. The summed E-state index contributed by atoms with van der Waals surface area (Å²) < 4.78 is 28.6. The third kappa shape index (κ3) is 3.88. The predicted molar refractivity (Wildman–Crippen MR) is 83.0 cm³/mol. The Hall–Kier alpha value is -1.28. The van der Waals surface area contributed by atoms with Crippen molar-refractivity contribution in [2.75, 3.05) is 12.3 Å². The lowest BCUT2D eigenvalue weighted by Crippen LogP contribution is -2.27. The number of hydrogen-bond acceptors (Lipinski definition) is 4. The molecule has 0 saturated carbocycles. The van der Waals surface area contributed by atoms with Crippen molar-refractivity contribution in [3.05, 3.63) is 40.1 Å². The summed E-state index contributed by atoms with van der Waals surface area (Å²) in [5, 5.41) is 4.44. The van der Waals surface area contributed by atoms with Gasteiger partial charge in [0.1, 0.15) is 4.90 Å². The Bertz CT molecular complexity index is 735. The van der Waals surface area contributed by atoms with Gasteiger partial charge in [0.2, 0.25) is 10.0 Å². The lowest BCUT2D eigenvalue weighted by Gasteiger charge is -2.10. The second kappa shape index (κ2) is 6.23. The van der Waals surface area contributed by atoms with E-state index in [0.717, 1.165) is 5.69 Å². The summed E-state index contributed by atoms with van der Waals surface area (Å²) in [6, 6.07) is 4.51. The van der Waals surface area contributed by atoms with Crippen molar-refractivity contribution in [3.8, 4) is 0 Å². The molecule has 0 aliphatic heterocycles. The van der Waals surface area contributed by atoms with Crippen molar-refractivity contribution < 1.29 is 8.42 Å². The number of nitrogen functional groups attached to an aromatic ring is 1. The van der Waals surface area contributed by atoms with E-state index in [4.69, 9.17) is 28.9 Å². The third-order valence-electron chi connectivity index (χ3n) is 2.75. The molecule has 2 rings (SSSR count). The van der Waals surface area contributed by atoms with Gasteiger partial charge in [-0.3, -0.25) is 4.68 Å². The number of rotatable bonds is 5. The van der Waals surface area contributed by atoms with Crippen LogP contribution in [0.4, 0.5) is 5.69 Å². The second-order valence-corrected chi connectivity index (χ2v) is 6.98. The van der Waals surface area contributed by atoms with Crippen LogP contribution in [0.2, 0.25) is 10.0 Å². The SMILES string of the molecule is Cn1ccc(CCNS(=O)(=O)c2c(N)cc(Cl)cc2Cl)n1. The van der Waals surface area contributed by atoms with Crippen molar-refractivity contribution in [1.82, 2.24) is 14.5 Å². The number of halogens is 2. The van der Waals surface area contributed by atoms with Crippen LogP contribution in [0.15, 0.2) is 29.3 Å². The van der Waals surface area contributed by atoms with Crippen LogP contribution in [0.3, 0.4) is 0 Å². The minimum absolute atomic E-state index is 0.00895. The first-order chi connectivity index (χ1) is 9.79. The summed E-state index contributed by atoms with van der Waals surface area (Å²) in [5.41, 5.74) is 6.49. The first-order valence-corrected chi connectivity index (χ1v) is 8.26. The number of hydrogen-bond donors (Lipinski definition) is 2. The van der Waals surface area contributed by atoms with E-state index >= 15 is 0 Å². The van der Waals surface area contributed by atoms with Crippen LogP contribution in [0, 0.1) is 0 Å². The molecule has 0 atom stereocenters. The monoisotopic (exact) mass is 348 g/mol. The summed E-state index contributed by atoms with van der Waals surface area (Å²) in [5.74, 6) is 0. The summed E-state index contributed by atoms with van der Waals surface area (Å²) >= 11 is 11.7. The average molecular weight is 349 g/mol. The van der Waals surface area contributed by atoms with E-state index < -0.39 is 10.0 Å². The van der Waals surface area contributed by atoms with Crippen molar-refractivity contribution in [2.24, 2.45) is 7.05 Å². The molecule has 0 spiro atoms. The van der Waals surface area contributed by atoms with Crippen LogP contribution in [-0.4, -0.2) is 24.7 Å². The fraction of sp³-hybridized carbons (Fsp3) is 0.250. The van der Waals surface area contributed by atoms with Crippen molar-refractivity contribution in [3.63, 3.8) is 0 Å². The number of aryl methyl sites for hydroxylation is 1. The number of nitrogens with zero attached hydrogens (tertiary/aromatic N) is 2. The highest BCUT2D eigenvalue weighted by Crippen LogP contribution is 2.30. The molecule has 1 aromatic carbocycles. The van der Waals surface area contributed by atoms with E-state index in [9.17, 15) is 8.42 Å². The zero-order chi connectivity index (χ0) is 15.6. The van der Waals surface area contributed by atoms with E-state index in [2.05, 4.69) is 9.82 Å². The second-order valence-electron chi connectivity index (χ2n) is 4.43. The fourth-order valence-electron chi connectivity index (χ4n) is 1.85. The molecule has 0 aliphatic rings. The predicted octanol–water partition coefficient (Wildman–Crippen LogP) is 1.83. The van der Waals surface area contributed by atoms with Crippen molar-refractivity contribution in [2.45, 2.75) is 11.3 Å². The number of benzene rings is 1. The lowest BCUT2D eigenvalue weighted by atomic mass is 10.3. The Labute approximate surface area is 132 Å². The molecule has 0 saturated heterocycles. The molecule has 9 heteroatoms. The van der Waals surface area contributed by atoms with Gasteiger partial charge in [-0.15, -0.1) is 0 Å². The van der Waals surface area contributed by atoms with Crippen LogP contribution in [0.5, 0.6) is 0 Å². The van der Waals surface area contributed by atoms with Gasteiger partial charge in [-0.2, -0.15) is 5.10 Å². The van der Waals surface area contributed by atoms with Crippen LogP contribution >= 0.6 is 23.2 Å². The molecule has 0 aliphatic carbocycles. The largest absolute Gasteiger partial charge is 0.398 e. The Kier molecular flexibility index (Phi) is 4.77. The summed E-state index contributed by atoms with van der Waals surface area (Å²) in [7, 11) is -2.01. The lowest BCUT2D eigenvalue weighted by molar-refractivity contribution is 0.581. The Morgan fingerprint density at radius 1 is 1.38 bits per heavy atom. The zero-order valence-electron chi connectivity index (χ0n) is 11.2. The molecular formula is C12H14Cl2N4O2S. The van der Waals surface area contributed by atoms with E-state index in [1.54, 1.807) is 17.9 Å². The molecule has 0 unspecified atom stereocenters. The average Bonchev–Trinajstić information content (AvgIpc) is 2.72. The molecular weight excluding hydrogens is 335 g/mol. The zero-order valence-corrected chi connectivity index (χ0v) is 13.5. The maximum atomic E-state index is 12.2. The highest BCUT2D eigenvalue weighted by Gasteiger charge is 2.21. The van der Waals surface area contributed by atoms with Crippen molar-refractivity contribution in [1.29, 1.82) is 0 Å². The van der Waals surface area contributed by atoms with Gasteiger partial charge in [0.05, 0.1) is 16.4 Å². The Morgan fingerprint density at radius 3 is 2.67 bits per heavy atom. The van der Waals surface area contributed by atoms with E-state index in [0.29, 0.717) is 6.42 Å². The molecule has 1 aromatic heterocycles. The molecule has 0 radical (unpaired) electrons. The van der Waals surface area contributed by atoms with Crippen LogP contribution in [-0.2, 0) is 23.5 Å². The summed E-state index contributed by atoms with van der Waals surface area (Å²) in [6.07, 6.45) is 2.25. The molecule has 3 N–H and O–H groups in total. The first kappa shape index (κ1) is 16.1. The molecule has 6 nitrogen and oxygen atoms in total. The topological polar surface area (TPSA) is 90.0 Å². The number of nitrogens with two attached hydrogens (primary N) is 1. The normalized spacial score (nSPS) is 11.8. The smallest absolute Gasteiger partial charge is 0.244 e. The summed E-state index contributed by atoms with van der Waals surface area (Å²) in [4.78, 5) is -0.158. The third-order valence-corrected chi connectivity index (χ3v) is 4.95. The Morgan fingerprint density at radius 2 is 2.10 bits per heavy atom. The van der Waals surface area contributed by atoms with Gasteiger partial charge in [0.25, 0.3) is 0 Å². The molecule has 114 valence electrons. The molecule has 2 aromatic rings. The van der Waals surface area contributed by atoms with Gasteiger partial charge in [-0.1, -0.05) is 23.2 Å². The number of aromatic nitrogens is 2. The number of sulfonamides is 1. The quantitative estimate of drug-likeness (QED) is 0.806. The Balaban J connectivity index is 2.12. The highest BCUT2D eigenvalue weighted by atomic mass is 35.5. The van der Waals surface area contributed by atoms with E-state index in [1.807, 2.05) is 6.07 Å². The van der Waals surface area contributed by atoms with E-state index in [-0.39, 0.29) is 27.2 Å². The standard InChI is InChI=1S/C12H14Cl2N4O2S/c1-18-5-3-9(17-18)2-4-16-21(19,20)12-10(14)6-8(13)7-11(12)15/h3,5-7,16H,2,4,15H2,1H3. The number of anilines is 1. The fourth-order valence-corrected chi connectivity index (χ4v) is 3.86. The van der Waals surface area contributed by atoms with Crippen LogP contribution < -0.4 is 10.5 Å². The van der Waals surface area contributed by atoms with Crippen LogP contribution in [0.1, 0.15) is 5.69 Å². The molecule has 0 fully saturated rings. The van der Waals surface area contributed by atoms with E-state index in [1.165, 1.54) is 12.1 Å². The van der Waals surface area contributed by atoms with Gasteiger partial charge in [-0.25, -0.2) is 13.1 Å². The number of nitrogens with one attached hydrogen (secondary N) is 1. The maximum absolute atomic E-state index is 12.2. The maximum Gasteiger partial charge on any atom is 0.244 e. The van der Waals surface area contributed by atoms with Gasteiger partial charge >= 0.3 is 0 Å². The van der Waals surface area contributed by atoms with Crippen LogP contribution in [0.25, 0.3) is 0 Å². The minimum Gasteiger partial charge on any atom is -0.398 e.